The highest BCUT2D eigenvalue weighted by atomic mass is 32.2. The number of carboxylic acids is 1. The van der Waals surface area contributed by atoms with Gasteiger partial charge in [-0.2, -0.15) is 8.42 Å². The van der Waals surface area contributed by atoms with Crippen LogP contribution >= 0.6 is 0 Å². The number of carbonyl (C=O) groups is 1. The first-order chi connectivity index (χ1) is 9.38. The lowest BCUT2D eigenvalue weighted by molar-refractivity contribution is -0.137. The van der Waals surface area contributed by atoms with Gasteiger partial charge < -0.3 is 5.11 Å². The first-order valence-electron chi connectivity index (χ1n) is 7.56. The van der Waals surface area contributed by atoms with Crippen molar-refractivity contribution in [2.45, 2.75) is 82.8 Å². The summed E-state index contributed by atoms with van der Waals surface area (Å²) in [4.78, 5) is 10.5. The summed E-state index contributed by atoms with van der Waals surface area (Å²) in [5.74, 6) is -1.03. The van der Waals surface area contributed by atoms with E-state index < -0.39 is 21.3 Å². The Morgan fingerprint density at radius 3 is 1.90 bits per heavy atom. The number of unbranched alkanes of at least 4 members (excludes halogenated alkanes) is 7. The quantitative estimate of drug-likeness (QED) is 0.400. The summed E-state index contributed by atoms with van der Waals surface area (Å²) in [5.41, 5.74) is 0. The normalized spacial score (nSPS) is 13.3. The molecule has 0 spiro atoms. The van der Waals surface area contributed by atoms with Crippen LogP contribution in [0.2, 0.25) is 0 Å². The minimum absolute atomic E-state index is 0.00926. The van der Waals surface area contributed by atoms with Gasteiger partial charge in [0.2, 0.25) is 0 Å². The molecule has 6 heteroatoms. The monoisotopic (exact) mass is 308 g/mol. The minimum Gasteiger partial charge on any atom is -0.481 e. The van der Waals surface area contributed by atoms with Crippen molar-refractivity contribution in [2.75, 3.05) is 0 Å². The molecular weight excluding hydrogens is 280 g/mol. The average Bonchev–Trinajstić information content (AvgIpc) is 2.34. The second-order valence-corrected chi connectivity index (χ2v) is 7.03. The molecule has 20 heavy (non-hydrogen) atoms. The molecule has 0 saturated carbocycles. The van der Waals surface area contributed by atoms with Gasteiger partial charge in [-0.15, -0.1) is 0 Å². The van der Waals surface area contributed by atoms with Crippen LogP contribution in [0, 0.1) is 0 Å². The third kappa shape index (κ3) is 11.2. The van der Waals surface area contributed by atoms with Crippen LogP contribution in [0.3, 0.4) is 0 Å². The van der Waals surface area contributed by atoms with E-state index in [1.165, 1.54) is 25.7 Å². The predicted molar refractivity (Wildman–Crippen MR) is 79.4 cm³/mol. The van der Waals surface area contributed by atoms with Gasteiger partial charge in [-0.25, -0.2) is 0 Å². The van der Waals surface area contributed by atoms with E-state index in [0.29, 0.717) is 6.42 Å². The topological polar surface area (TPSA) is 91.7 Å². The van der Waals surface area contributed by atoms with Crippen molar-refractivity contribution in [3.8, 4) is 0 Å². The van der Waals surface area contributed by atoms with Gasteiger partial charge in [-0.05, 0) is 12.8 Å². The Labute approximate surface area is 122 Å². The SMILES string of the molecule is CCCCCCCCCCC(CCC(=O)O)S(=O)(=O)O. The van der Waals surface area contributed by atoms with Crippen molar-refractivity contribution in [2.24, 2.45) is 0 Å². The molecular formula is C14H28O5S. The Morgan fingerprint density at radius 1 is 0.950 bits per heavy atom. The van der Waals surface area contributed by atoms with Crippen LogP contribution in [0.4, 0.5) is 0 Å². The fourth-order valence-corrected chi connectivity index (χ4v) is 3.11. The van der Waals surface area contributed by atoms with E-state index in [1.807, 2.05) is 0 Å². The summed E-state index contributed by atoms with van der Waals surface area (Å²) in [6, 6.07) is 0. The molecule has 1 atom stereocenters. The maximum Gasteiger partial charge on any atom is 0.303 e. The highest BCUT2D eigenvalue weighted by Gasteiger charge is 2.23. The average molecular weight is 308 g/mol. The molecule has 1 unspecified atom stereocenters. The molecule has 0 bridgehead atoms. The minimum atomic E-state index is -4.13. The predicted octanol–water partition coefficient (Wildman–Crippen LogP) is 3.64. The van der Waals surface area contributed by atoms with E-state index in [0.717, 1.165) is 25.7 Å². The Hall–Kier alpha value is -0.620. The first-order valence-corrected chi connectivity index (χ1v) is 9.06. The van der Waals surface area contributed by atoms with Gasteiger partial charge >= 0.3 is 5.97 Å². The second-order valence-electron chi connectivity index (χ2n) is 5.33. The molecule has 5 nitrogen and oxygen atoms in total. The zero-order valence-electron chi connectivity index (χ0n) is 12.4. The van der Waals surface area contributed by atoms with Crippen LogP contribution in [-0.2, 0) is 14.9 Å². The molecule has 0 amide bonds. The van der Waals surface area contributed by atoms with Crippen LogP contribution < -0.4 is 0 Å². The van der Waals surface area contributed by atoms with Crippen molar-refractivity contribution in [1.82, 2.24) is 0 Å². The van der Waals surface area contributed by atoms with E-state index in [4.69, 9.17) is 9.66 Å². The van der Waals surface area contributed by atoms with Crippen LogP contribution in [0.15, 0.2) is 0 Å². The molecule has 120 valence electrons. The van der Waals surface area contributed by atoms with Gasteiger partial charge in [0.1, 0.15) is 0 Å². The molecule has 0 aliphatic carbocycles. The van der Waals surface area contributed by atoms with Crippen molar-refractivity contribution >= 4 is 16.1 Å². The van der Waals surface area contributed by atoms with Crippen LogP contribution in [0.1, 0.15) is 77.6 Å². The van der Waals surface area contributed by atoms with E-state index in [-0.39, 0.29) is 12.8 Å². The van der Waals surface area contributed by atoms with Gasteiger partial charge in [0.25, 0.3) is 10.1 Å². The smallest absolute Gasteiger partial charge is 0.303 e. The number of hydrogen-bond donors (Lipinski definition) is 2. The van der Waals surface area contributed by atoms with Gasteiger partial charge in [0, 0.05) is 6.42 Å². The zero-order valence-corrected chi connectivity index (χ0v) is 13.2. The molecule has 0 rings (SSSR count). The molecule has 2 N–H and O–H groups in total. The van der Waals surface area contributed by atoms with Crippen molar-refractivity contribution in [3.05, 3.63) is 0 Å². The number of rotatable bonds is 13. The largest absolute Gasteiger partial charge is 0.481 e. The maximum absolute atomic E-state index is 11.1. The zero-order chi connectivity index (χ0) is 15.4. The van der Waals surface area contributed by atoms with Crippen LogP contribution in [-0.4, -0.2) is 29.3 Å². The van der Waals surface area contributed by atoms with E-state index in [1.54, 1.807) is 0 Å². The number of hydrogen-bond acceptors (Lipinski definition) is 3. The summed E-state index contributed by atoms with van der Waals surface area (Å²) < 4.78 is 31.4. The van der Waals surface area contributed by atoms with Crippen molar-refractivity contribution < 1.29 is 22.9 Å². The van der Waals surface area contributed by atoms with Crippen LogP contribution in [0.5, 0.6) is 0 Å². The standard InChI is InChI=1S/C14H28O5S/c1-2-3-4-5-6-7-8-9-10-13(20(17,18)19)11-12-14(15)16/h13H,2-12H2,1H3,(H,15,16)(H,17,18,19). The molecule has 0 aromatic carbocycles. The van der Waals surface area contributed by atoms with Gasteiger partial charge in [-0.1, -0.05) is 58.3 Å². The molecule has 0 aliphatic rings. The summed E-state index contributed by atoms with van der Waals surface area (Å²) in [6.45, 7) is 2.17. The van der Waals surface area contributed by atoms with Crippen molar-refractivity contribution in [1.29, 1.82) is 0 Å². The van der Waals surface area contributed by atoms with E-state index in [9.17, 15) is 13.2 Å². The Bertz CT molecular complexity index is 351. The highest BCUT2D eigenvalue weighted by molar-refractivity contribution is 7.86. The molecule has 0 aromatic rings. The second kappa shape index (κ2) is 11.1. The van der Waals surface area contributed by atoms with Gasteiger partial charge in [0.15, 0.2) is 0 Å². The fraction of sp³-hybridized carbons (Fsp3) is 0.929. The van der Waals surface area contributed by atoms with Crippen molar-refractivity contribution in [3.63, 3.8) is 0 Å². The highest BCUT2D eigenvalue weighted by Crippen LogP contribution is 2.17. The third-order valence-corrected chi connectivity index (χ3v) is 4.79. The Kier molecular flexibility index (Phi) is 10.7. The number of aliphatic carboxylic acids is 1. The lowest BCUT2D eigenvalue weighted by Gasteiger charge is -2.12. The molecule has 0 saturated heterocycles. The Balaban J connectivity index is 3.78. The first kappa shape index (κ1) is 19.4. The molecule has 0 radical (unpaired) electrons. The maximum atomic E-state index is 11.1. The lowest BCUT2D eigenvalue weighted by Crippen LogP contribution is -2.21. The number of carboxylic acid groups (broad SMARTS) is 1. The molecule has 0 aromatic heterocycles. The fourth-order valence-electron chi connectivity index (χ4n) is 2.23. The molecule has 0 fully saturated rings. The van der Waals surface area contributed by atoms with E-state index in [2.05, 4.69) is 6.92 Å². The molecule has 0 aliphatic heterocycles. The van der Waals surface area contributed by atoms with Gasteiger partial charge in [0.05, 0.1) is 5.25 Å². The van der Waals surface area contributed by atoms with Crippen LogP contribution in [0.25, 0.3) is 0 Å². The summed E-state index contributed by atoms with van der Waals surface area (Å²) in [7, 11) is -4.13. The summed E-state index contributed by atoms with van der Waals surface area (Å²) in [5, 5.41) is 7.63. The molecule has 0 heterocycles. The lowest BCUT2D eigenvalue weighted by atomic mass is 10.0. The third-order valence-electron chi connectivity index (χ3n) is 3.48. The van der Waals surface area contributed by atoms with E-state index >= 15 is 0 Å². The Morgan fingerprint density at radius 2 is 1.45 bits per heavy atom. The summed E-state index contributed by atoms with van der Waals surface area (Å²) >= 11 is 0. The van der Waals surface area contributed by atoms with Gasteiger partial charge in [-0.3, -0.25) is 9.35 Å². The summed E-state index contributed by atoms with van der Waals surface area (Å²) in [6.07, 6.45) is 8.96.